The zero-order valence-electron chi connectivity index (χ0n) is 76.0. The van der Waals surface area contributed by atoms with Gasteiger partial charge in [0.05, 0.1) is 71.0 Å². The van der Waals surface area contributed by atoms with Gasteiger partial charge in [-0.3, -0.25) is 38.4 Å². The molecule has 6 aromatic carbocycles. The lowest BCUT2D eigenvalue weighted by atomic mass is 9.78. The number of carbonyl (C=O) groups is 6. The number of aromatic hydroxyl groups is 2. The van der Waals surface area contributed by atoms with E-state index in [1.54, 1.807) is 130 Å². The van der Waals surface area contributed by atoms with E-state index in [1.165, 1.54) is 92.6 Å². The summed E-state index contributed by atoms with van der Waals surface area (Å²) in [4.78, 5) is 123. The van der Waals surface area contributed by atoms with E-state index in [4.69, 9.17) is 66.2 Å². The highest BCUT2D eigenvalue weighted by Gasteiger charge is 2.52. The van der Waals surface area contributed by atoms with Crippen molar-refractivity contribution >= 4 is 113 Å². The lowest BCUT2D eigenvalue weighted by Crippen LogP contribution is -2.46. The first-order chi connectivity index (χ1) is 61.1. The number of likely N-dealkylation sites (tertiary alicyclic amines) is 1. The molecular weight excluding hydrogens is 1670 g/mol. The third kappa shape index (κ3) is 18.8. The topological polar surface area (TPSA) is 442 Å². The van der Waals surface area contributed by atoms with Crippen LogP contribution in [-0.4, -0.2) is 201 Å². The van der Waals surface area contributed by atoms with Crippen molar-refractivity contribution in [1.82, 2.24) is 20.2 Å². The minimum absolute atomic E-state index is 0.00469. The van der Waals surface area contributed by atoms with Gasteiger partial charge in [0.1, 0.15) is 80.9 Å². The Bertz CT molecular complexity index is 6050. The lowest BCUT2D eigenvalue weighted by molar-refractivity contribution is -0.161. The maximum absolute atomic E-state index is 14.7. The van der Waals surface area contributed by atoms with Gasteiger partial charge in [0.25, 0.3) is 23.4 Å². The number of phenols is 2. The van der Waals surface area contributed by atoms with Gasteiger partial charge in [0.15, 0.2) is 44.7 Å². The number of nitrogens with zero attached hydrogens (tertiary/aromatic N) is 3. The van der Waals surface area contributed by atoms with Crippen molar-refractivity contribution in [1.29, 1.82) is 0 Å². The van der Waals surface area contributed by atoms with Crippen LogP contribution in [0.15, 0.2) is 127 Å². The number of aromatic nitrogens is 2. The number of rotatable bonds is 8. The molecule has 0 unspecified atom stereocenters. The number of benzene rings is 6. The number of anilines is 2. The van der Waals surface area contributed by atoms with Gasteiger partial charge in [-0.2, -0.15) is 0 Å². The molecule has 2 amide bonds. The van der Waals surface area contributed by atoms with Crippen LogP contribution in [0.3, 0.4) is 0 Å². The second-order valence-corrected chi connectivity index (χ2v) is 35.4. The van der Waals surface area contributed by atoms with Gasteiger partial charge in [-0.25, -0.2) is 9.97 Å². The van der Waals surface area contributed by atoms with Crippen molar-refractivity contribution in [3.05, 3.63) is 151 Å². The third-order valence-corrected chi connectivity index (χ3v) is 26.2. The van der Waals surface area contributed by atoms with Gasteiger partial charge >= 0.3 is 23.5 Å². The number of carbonyl (C=O) groups excluding carboxylic acids is 6. The van der Waals surface area contributed by atoms with Crippen LogP contribution in [0.5, 0.6) is 34.5 Å². The molecule has 2 saturated heterocycles. The number of ketones is 2. The van der Waals surface area contributed by atoms with Gasteiger partial charge in [-0.05, 0) is 110 Å². The molecule has 8 heterocycles. The number of esters is 2. The van der Waals surface area contributed by atoms with Crippen molar-refractivity contribution in [2.75, 3.05) is 58.1 Å². The van der Waals surface area contributed by atoms with E-state index >= 15 is 0 Å². The van der Waals surface area contributed by atoms with Gasteiger partial charge in [0.2, 0.25) is 0 Å². The molecule has 14 rings (SSSR count). The minimum Gasteiger partial charge on any atom is -0.505 e. The van der Waals surface area contributed by atoms with Crippen LogP contribution in [0, 0.1) is 61.2 Å². The van der Waals surface area contributed by atoms with E-state index < -0.39 is 165 Å². The number of Topliss-reactive ketones (excluding diaryl/α,β-unsaturated/α-hetero) is 2. The highest BCUT2D eigenvalue weighted by molar-refractivity contribution is 6.28. The molecule has 32 heteroatoms. The highest BCUT2D eigenvalue weighted by Crippen LogP contribution is 2.52. The summed E-state index contributed by atoms with van der Waals surface area (Å²) in [6.45, 7) is 28.6. The molecule has 129 heavy (non-hydrogen) atoms. The average Bonchev–Trinajstić information content (AvgIpc) is 1.65. The highest BCUT2D eigenvalue weighted by atomic mass is 16.7. The maximum atomic E-state index is 14.7. The molecule has 8 aromatic rings. The third-order valence-electron chi connectivity index (χ3n) is 26.2. The Kier molecular flexibility index (Phi) is 28.4. The molecule has 0 spiro atoms. The number of ether oxygens (including phenoxy) is 10. The van der Waals surface area contributed by atoms with Crippen molar-refractivity contribution in [2.45, 2.75) is 209 Å². The van der Waals surface area contributed by atoms with Gasteiger partial charge in [-0.15, -0.1) is 0 Å². The normalized spacial score (nSPS) is 30.4. The molecule has 6 aliphatic rings. The van der Waals surface area contributed by atoms with Crippen LogP contribution in [0.2, 0.25) is 0 Å². The fourth-order valence-electron chi connectivity index (χ4n) is 18.1. The number of amides is 2. The SMILES string of the molecule is CO[C@H]1/C=C/O[C@@]2(C)Oc3c(C)c(=O)c4c(O)c(c5oc6cc(OC7CCN(C)CC7)ccc6nc5c4c3C2=O)NC(=O)/C(C)=C\C=C\[C@H](C)[C@H](O)[C@@H](C)[C@@H](O)[C@@H](C)[C@H](OC(C)=O)[C@@H]1C.CO[C@H]1/C=C/O[C@@]2(C)Oc3c(C)c(=O)c4c(O)c(c5oc6cc(OC7CCNCC7)ccc6nc5c4c3C2=O)NC(=O)/C(C)=C\C=C\[C@H](C)[C@H](O)[C@@H](C)[C@@H](O)[C@@H](C)[C@H](OC(C)=O)[C@@H]1C. The zero-order chi connectivity index (χ0) is 93.6. The number of phenolic OH excluding ortho intramolecular Hbond substituents is 2. The monoisotopic (exact) mass is 1780 g/mol. The first-order valence-corrected chi connectivity index (χ1v) is 43.7. The number of methoxy groups -OCH3 is 2. The zero-order valence-corrected chi connectivity index (χ0v) is 76.0. The number of aliphatic hydroxyl groups excluding tert-OH is 4. The number of aliphatic hydroxyl groups is 4. The predicted octanol–water partition coefficient (Wildman–Crippen LogP) is 12.6. The molecule has 690 valence electrons. The molecule has 0 saturated carbocycles. The summed E-state index contributed by atoms with van der Waals surface area (Å²) in [6, 6.07) is 10.2. The van der Waals surface area contributed by atoms with Crippen LogP contribution < -0.4 is 45.8 Å². The smallest absolute Gasteiger partial charge is 0.312 e. The molecule has 2 aromatic heterocycles. The number of hydrogen-bond donors (Lipinski definition) is 9. The Balaban J connectivity index is 0.000000220. The van der Waals surface area contributed by atoms with E-state index in [1.807, 2.05) is 0 Å². The molecule has 6 aliphatic heterocycles. The van der Waals surface area contributed by atoms with Gasteiger partial charge in [-0.1, -0.05) is 91.8 Å². The van der Waals surface area contributed by atoms with Crippen molar-refractivity contribution in [3.63, 3.8) is 0 Å². The van der Waals surface area contributed by atoms with Gasteiger partial charge in [0, 0.05) is 148 Å². The van der Waals surface area contributed by atoms with Crippen LogP contribution >= 0.6 is 0 Å². The Morgan fingerprint density at radius 2 is 0.891 bits per heavy atom. The predicted molar refractivity (Wildman–Crippen MR) is 481 cm³/mol. The molecule has 8 bridgehead atoms. The summed E-state index contributed by atoms with van der Waals surface area (Å²) in [6.07, 6.45) is 10.5. The molecule has 2 fully saturated rings. The number of fused-ring (bicyclic) bond motifs is 4. The summed E-state index contributed by atoms with van der Waals surface area (Å²) >= 11 is 0. The Labute approximate surface area is 745 Å². The number of hydrogen-bond acceptors (Lipinski definition) is 30. The Hall–Kier alpha value is -11.6. The van der Waals surface area contributed by atoms with E-state index in [0.717, 1.165) is 51.9 Å². The fourth-order valence-corrected chi connectivity index (χ4v) is 18.1. The fraction of sp³-hybridized carbons (Fsp3) is 0.485. The van der Waals surface area contributed by atoms with Crippen molar-refractivity contribution in [2.24, 2.45) is 47.3 Å². The number of allylic oxidation sites excluding steroid dienone is 4. The number of piperidine rings is 2. The van der Waals surface area contributed by atoms with Gasteiger partial charge < -0.3 is 108 Å². The number of nitrogens with one attached hydrogen (secondary N) is 3. The minimum atomic E-state index is -2.04. The molecule has 18 atom stereocenters. The van der Waals surface area contributed by atoms with Crippen LogP contribution in [0.1, 0.15) is 154 Å². The van der Waals surface area contributed by atoms with E-state index in [0.29, 0.717) is 22.5 Å². The molecule has 0 aliphatic carbocycles. The van der Waals surface area contributed by atoms with Crippen LogP contribution in [0.25, 0.3) is 65.9 Å². The second kappa shape index (κ2) is 38.6. The summed E-state index contributed by atoms with van der Waals surface area (Å²) in [5.41, 5.74) is -0.858. The van der Waals surface area contributed by atoms with E-state index in [9.17, 15) is 69.0 Å². The summed E-state index contributed by atoms with van der Waals surface area (Å²) in [7, 11) is 4.95. The molecule has 0 radical (unpaired) electrons. The second-order valence-electron chi connectivity index (χ2n) is 35.4. The largest absolute Gasteiger partial charge is 0.505 e. The van der Waals surface area contributed by atoms with E-state index in [-0.39, 0.29) is 123 Å². The molecule has 9 N–H and O–H groups in total. The lowest BCUT2D eigenvalue weighted by Gasteiger charge is -2.38. The summed E-state index contributed by atoms with van der Waals surface area (Å²) < 4.78 is 73.4. The summed E-state index contributed by atoms with van der Waals surface area (Å²) in [5.74, 6) is -13.4. The first kappa shape index (κ1) is 95.0. The Morgan fingerprint density at radius 3 is 1.26 bits per heavy atom. The average molecular weight is 1780 g/mol. The van der Waals surface area contributed by atoms with Crippen LogP contribution in [-0.2, 0) is 47.6 Å². The standard InChI is InChI=1S/C49H59N3O13.C48H57N3O13/c1-23-12-11-13-24(2)48(59)51-39-43(57)36-35(38-46(39)64-34-22-31(14-15-32(34)50-38)63-30-16-19-52(9)20-17-30)37-45(28(6)42(36)56)65-49(8,47(37)58)61-21-18-33(60-10)25(3)44(62-29(7)53)27(5)41(55)26(4)40(23)54;1-22-11-10-12-23(2)47(58)51-38-42(56)35-34(37-45(38)63-33-21-30(13-14-31(33)50-37)62-29-15-18-49-19-16-29)36-44(27(6)41(35)55)64-48(8,46(36)57)60-20-17-32(59-9)24(3)43(61-28(7)52)26(5)40(54)25(4)39(22)53/h11-15,18,21-23,25-27,30,33,40-41,44,54-55,57H,16-17,19-20H2,1-10H3,(H,51,59);10-14,17,20-22,24-26,29,32,39-40,43,49,53-54,56H,15-16,18-19H2,1-9H3,(H,51,58)/b12-11+,21-18+,24-13-;11-10+,20-17+,23-12-/t23-,25+,26+,27+,33-,40-,41+,44+,49-;22-,24+,25+,26+,32-,39-,40+,43+,48-/m00/s1. The molecular formula is C97H116N6O26. The van der Waals surface area contributed by atoms with Crippen LogP contribution in [0.4, 0.5) is 11.4 Å². The summed E-state index contributed by atoms with van der Waals surface area (Å²) in [5, 5.41) is 78.3. The van der Waals surface area contributed by atoms with E-state index in [2.05, 4.69) is 27.9 Å². The van der Waals surface area contributed by atoms with Crippen molar-refractivity contribution in [3.8, 4) is 34.5 Å². The van der Waals surface area contributed by atoms with Crippen molar-refractivity contribution < 1.29 is 116 Å². The first-order valence-electron chi connectivity index (χ1n) is 43.7. The quantitative estimate of drug-likeness (QED) is 0.0295. The Morgan fingerprint density at radius 1 is 0.512 bits per heavy atom. The molecule has 32 nitrogen and oxygen atoms in total. The maximum Gasteiger partial charge on any atom is 0.312 e.